The van der Waals surface area contributed by atoms with Gasteiger partial charge in [0.15, 0.2) is 5.13 Å². The molecule has 9 heteroatoms. The average molecular weight is 487 g/mol. The fourth-order valence-corrected chi connectivity index (χ4v) is 6.37. The van der Waals surface area contributed by atoms with E-state index in [9.17, 15) is 13.2 Å². The third-order valence-electron chi connectivity index (χ3n) is 5.90. The number of carbonyl (C=O) groups is 1. The van der Waals surface area contributed by atoms with Crippen molar-refractivity contribution in [3.63, 3.8) is 0 Å². The molecule has 2 aromatic carbocycles. The van der Waals surface area contributed by atoms with Gasteiger partial charge >= 0.3 is 0 Å². The Kier molecular flexibility index (Phi) is 6.59. The van der Waals surface area contributed by atoms with E-state index in [4.69, 9.17) is 4.98 Å². The predicted molar refractivity (Wildman–Crippen MR) is 134 cm³/mol. The highest BCUT2D eigenvalue weighted by molar-refractivity contribution is 7.89. The van der Waals surface area contributed by atoms with Gasteiger partial charge in [-0.1, -0.05) is 17.4 Å². The van der Waals surface area contributed by atoms with Crippen molar-refractivity contribution >= 4 is 42.6 Å². The summed E-state index contributed by atoms with van der Waals surface area (Å²) >= 11 is 1.50. The first-order chi connectivity index (χ1) is 15.6. The number of hydrogen-bond donors (Lipinski definition) is 0. The van der Waals surface area contributed by atoms with Crippen LogP contribution >= 0.6 is 11.3 Å². The molecule has 33 heavy (non-hydrogen) atoms. The molecule has 176 valence electrons. The van der Waals surface area contributed by atoms with E-state index in [1.165, 1.54) is 27.8 Å². The summed E-state index contributed by atoms with van der Waals surface area (Å²) in [6.07, 6.45) is 1.79. The van der Waals surface area contributed by atoms with E-state index in [1.54, 1.807) is 24.1 Å². The van der Waals surface area contributed by atoms with Crippen LogP contribution < -0.4 is 4.90 Å². The number of fused-ring (bicyclic) bond motifs is 1. The lowest BCUT2D eigenvalue weighted by atomic mass is 10.1. The molecule has 0 N–H and O–H groups in total. The van der Waals surface area contributed by atoms with Crippen molar-refractivity contribution in [3.05, 3.63) is 53.1 Å². The van der Waals surface area contributed by atoms with E-state index in [-0.39, 0.29) is 16.8 Å². The molecule has 0 bridgehead atoms. The van der Waals surface area contributed by atoms with E-state index in [1.807, 2.05) is 25.9 Å². The highest BCUT2D eigenvalue weighted by Gasteiger charge is 2.35. The molecule has 0 unspecified atom stereocenters. The van der Waals surface area contributed by atoms with Gasteiger partial charge in [-0.15, -0.1) is 0 Å². The smallest absolute Gasteiger partial charge is 0.260 e. The van der Waals surface area contributed by atoms with Gasteiger partial charge in [-0.05, 0) is 82.2 Å². The lowest BCUT2D eigenvalue weighted by Crippen LogP contribution is -2.36. The normalized spacial score (nSPS) is 14.4. The second-order valence-corrected chi connectivity index (χ2v) is 12.0. The minimum Gasteiger partial charge on any atom is -0.308 e. The third kappa shape index (κ3) is 4.96. The Balaban J connectivity index is 1.65. The molecule has 0 spiro atoms. The molecule has 1 aromatic heterocycles. The van der Waals surface area contributed by atoms with Crippen molar-refractivity contribution < 1.29 is 13.2 Å². The van der Waals surface area contributed by atoms with Crippen LogP contribution in [0.3, 0.4) is 0 Å². The maximum absolute atomic E-state index is 13.5. The number of benzene rings is 2. The van der Waals surface area contributed by atoms with Crippen LogP contribution in [0.15, 0.2) is 41.3 Å². The van der Waals surface area contributed by atoms with Crippen LogP contribution in [0.4, 0.5) is 5.13 Å². The first-order valence-corrected chi connectivity index (χ1v) is 13.3. The second kappa shape index (κ2) is 9.13. The minimum atomic E-state index is -3.55. The number of sulfonamides is 1. The number of carbonyl (C=O) groups excluding carboxylic acids is 1. The summed E-state index contributed by atoms with van der Waals surface area (Å²) in [5, 5.41) is 0.649. The molecular weight excluding hydrogens is 456 g/mol. The zero-order valence-corrected chi connectivity index (χ0v) is 21.3. The van der Waals surface area contributed by atoms with Crippen molar-refractivity contribution in [2.24, 2.45) is 0 Å². The number of aromatic nitrogens is 1. The maximum atomic E-state index is 13.5. The van der Waals surface area contributed by atoms with Gasteiger partial charge in [0.1, 0.15) is 0 Å². The van der Waals surface area contributed by atoms with E-state index in [0.29, 0.717) is 23.8 Å². The number of anilines is 1. The largest absolute Gasteiger partial charge is 0.308 e. The molecule has 1 aliphatic rings. The van der Waals surface area contributed by atoms with Crippen molar-refractivity contribution in [2.45, 2.75) is 37.6 Å². The van der Waals surface area contributed by atoms with E-state index < -0.39 is 10.0 Å². The highest BCUT2D eigenvalue weighted by atomic mass is 32.2. The van der Waals surface area contributed by atoms with Crippen LogP contribution in [0.1, 0.15) is 34.3 Å². The van der Waals surface area contributed by atoms with Crippen LogP contribution in [-0.4, -0.2) is 68.8 Å². The van der Waals surface area contributed by atoms with Gasteiger partial charge in [-0.3, -0.25) is 9.69 Å². The number of thiazole rings is 1. The molecule has 0 atom stereocenters. The summed E-state index contributed by atoms with van der Waals surface area (Å²) in [4.78, 5) is 22.2. The lowest BCUT2D eigenvalue weighted by Gasteiger charge is -2.22. The number of hydrogen-bond acceptors (Lipinski definition) is 6. The average Bonchev–Trinajstić information content (AvgIpc) is 3.52. The number of aryl methyl sites for hydroxylation is 2. The Morgan fingerprint density at radius 2 is 1.73 bits per heavy atom. The minimum absolute atomic E-state index is 0.0870. The Labute approximate surface area is 199 Å². The molecule has 7 nitrogen and oxygen atoms in total. The molecule has 1 saturated carbocycles. The molecule has 0 radical (unpaired) electrons. The topological polar surface area (TPSA) is 73.8 Å². The Morgan fingerprint density at radius 3 is 2.33 bits per heavy atom. The van der Waals surface area contributed by atoms with Crippen LogP contribution in [0, 0.1) is 13.8 Å². The SMILES string of the molecule is Cc1cc(C)c2nc(N(CCN(C)C)C(=O)c3ccc(S(=O)(=O)N(C)C4CC4)cc3)sc2c1. The number of rotatable bonds is 8. The summed E-state index contributed by atoms with van der Waals surface area (Å²) < 4.78 is 28.1. The van der Waals surface area contributed by atoms with Gasteiger partial charge in [-0.25, -0.2) is 13.4 Å². The summed E-state index contributed by atoms with van der Waals surface area (Å²) in [6, 6.07) is 10.5. The molecule has 1 aliphatic carbocycles. The van der Waals surface area contributed by atoms with Crippen molar-refractivity contribution in [1.82, 2.24) is 14.2 Å². The molecule has 0 aliphatic heterocycles. The monoisotopic (exact) mass is 486 g/mol. The van der Waals surface area contributed by atoms with E-state index in [0.717, 1.165) is 34.2 Å². The van der Waals surface area contributed by atoms with Gasteiger partial charge in [0, 0.05) is 31.7 Å². The summed E-state index contributed by atoms with van der Waals surface area (Å²) in [7, 11) is 2.00. The number of amides is 1. The fourth-order valence-electron chi connectivity index (χ4n) is 3.78. The second-order valence-electron chi connectivity index (χ2n) is 8.96. The van der Waals surface area contributed by atoms with Gasteiger partial charge in [0.05, 0.1) is 15.1 Å². The summed E-state index contributed by atoms with van der Waals surface area (Å²) in [6.45, 7) is 5.24. The van der Waals surface area contributed by atoms with Crippen LogP contribution in [0.2, 0.25) is 0 Å². The number of likely N-dealkylation sites (N-methyl/N-ethyl adjacent to an activating group) is 1. The predicted octanol–water partition coefficient (Wildman–Crippen LogP) is 3.90. The van der Waals surface area contributed by atoms with Crippen molar-refractivity contribution in [3.8, 4) is 0 Å². The van der Waals surface area contributed by atoms with Crippen LogP contribution in [-0.2, 0) is 10.0 Å². The summed E-state index contributed by atoms with van der Waals surface area (Å²) in [5.74, 6) is -0.190. The molecular formula is C24H30N4O3S2. The third-order valence-corrected chi connectivity index (χ3v) is 8.85. The van der Waals surface area contributed by atoms with Crippen LogP contribution in [0.5, 0.6) is 0 Å². The first-order valence-electron chi connectivity index (χ1n) is 11.0. The number of nitrogens with zero attached hydrogens (tertiary/aromatic N) is 4. The fraction of sp³-hybridized carbons (Fsp3) is 0.417. The molecule has 1 heterocycles. The maximum Gasteiger partial charge on any atom is 0.260 e. The molecule has 4 rings (SSSR count). The quantitative estimate of drug-likeness (QED) is 0.483. The Morgan fingerprint density at radius 1 is 1.06 bits per heavy atom. The van der Waals surface area contributed by atoms with E-state index in [2.05, 4.69) is 19.1 Å². The molecule has 0 saturated heterocycles. The van der Waals surface area contributed by atoms with Crippen LogP contribution in [0.25, 0.3) is 10.2 Å². The van der Waals surface area contributed by atoms with E-state index >= 15 is 0 Å². The molecule has 1 amide bonds. The molecule has 3 aromatic rings. The van der Waals surface area contributed by atoms with Crippen molar-refractivity contribution in [1.29, 1.82) is 0 Å². The summed E-state index contributed by atoms with van der Waals surface area (Å²) in [5.41, 5.74) is 3.60. The Bertz CT molecular complexity index is 1280. The standard InChI is InChI=1S/C24H30N4O3S2/c1-16-14-17(2)22-21(15-16)32-24(25-22)28(13-12-26(3)4)23(29)18-6-10-20(11-7-18)33(30,31)27(5)19-8-9-19/h6-7,10-11,14-15,19H,8-9,12-13H2,1-5H3. The Hall–Kier alpha value is -2.33. The van der Waals surface area contributed by atoms with Gasteiger partial charge in [0.25, 0.3) is 5.91 Å². The highest BCUT2D eigenvalue weighted by Crippen LogP contribution is 2.33. The zero-order chi connectivity index (χ0) is 23.9. The van der Waals surface area contributed by atoms with Gasteiger partial charge in [0.2, 0.25) is 10.0 Å². The molecule has 1 fully saturated rings. The zero-order valence-electron chi connectivity index (χ0n) is 19.7. The lowest BCUT2D eigenvalue weighted by molar-refractivity contribution is 0.0985. The van der Waals surface area contributed by atoms with Crippen molar-refractivity contribution in [2.75, 3.05) is 39.1 Å². The first kappa shape index (κ1) is 23.8. The van der Waals surface area contributed by atoms with Gasteiger partial charge < -0.3 is 4.90 Å². The van der Waals surface area contributed by atoms with Gasteiger partial charge in [-0.2, -0.15) is 4.31 Å².